The molecule has 7 heteroatoms. The Morgan fingerprint density at radius 2 is 1.76 bits per heavy atom. The number of aromatic nitrogens is 2. The standard InChI is InChI=1S/C22H27N3O4/c1-14-4-5-15(2)18(12-14)20(26)6-7-21(27)24-10-8-17(9-11-24)25-16(3)19(13-23-25)22(28)29/h4-5,12-13,17H,6-11H2,1-3H3,(H,28,29). The highest BCUT2D eigenvalue weighted by molar-refractivity contribution is 5.99. The lowest BCUT2D eigenvalue weighted by Gasteiger charge is -2.32. The first-order valence-electron chi connectivity index (χ1n) is 9.93. The van der Waals surface area contributed by atoms with Crippen LogP contribution in [0.2, 0.25) is 0 Å². The Morgan fingerprint density at radius 3 is 2.38 bits per heavy atom. The van der Waals surface area contributed by atoms with Crippen LogP contribution in [0.3, 0.4) is 0 Å². The molecular weight excluding hydrogens is 370 g/mol. The smallest absolute Gasteiger partial charge is 0.339 e. The third kappa shape index (κ3) is 4.55. The third-order valence-corrected chi connectivity index (χ3v) is 5.70. The van der Waals surface area contributed by atoms with E-state index in [2.05, 4.69) is 5.10 Å². The van der Waals surface area contributed by atoms with Crippen LogP contribution < -0.4 is 0 Å². The number of carboxylic acid groups (broad SMARTS) is 1. The van der Waals surface area contributed by atoms with E-state index in [0.717, 1.165) is 24.0 Å². The number of piperidine rings is 1. The maximum Gasteiger partial charge on any atom is 0.339 e. The molecule has 3 rings (SSSR count). The lowest BCUT2D eigenvalue weighted by molar-refractivity contribution is -0.132. The van der Waals surface area contributed by atoms with Crippen molar-refractivity contribution < 1.29 is 19.5 Å². The van der Waals surface area contributed by atoms with Crippen molar-refractivity contribution in [3.63, 3.8) is 0 Å². The molecule has 1 aliphatic rings. The van der Waals surface area contributed by atoms with Crippen molar-refractivity contribution in [1.82, 2.24) is 14.7 Å². The zero-order valence-electron chi connectivity index (χ0n) is 17.1. The summed E-state index contributed by atoms with van der Waals surface area (Å²) in [4.78, 5) is 38.1. The Bertz CT molecular complexity index is 940. The monoisotopic (exact) mass is 397 g/mol. The van der Waals surface area contributed by atoms with Crippen molar-refractivity contribution in [3.05, 3.63) is 52.3 Å². The number of aryl methyl sites for hydroxylation is 2. The van der Waals surface area contributed by atoms with Crippen LogP contribution in [0, 0.1) is 20.8 Å². The number of hydrogen-bond acceptors (Lipinski definition) is 4. The summed E-state index contributed by atoms with van der Waals surface area (Å²) >= 11 is 0. The number of carbonyl (C=O) groups excluding carboxylic acids is 2. The zero-order valence-corrected chi connectivity index (χ0v) is 17.1. The van der Waals surface area contributed by atoms with E-state index in [1.54, 1.807) is 16.5 Å². The van der Waals surface area contributed by atoms with Gasteiger partial charge in [0.1, 0.15) is 5.56 Å². The van der Waals surface area contributed by atoms with Gasteiger partial charge in [-0.2, -0.15) is 5.10 Å². The SMILES string of the molecule is Cc1ccc(C)c(C(=O)CCC(=O)N2CCC(n3ncc(C(=O)O)c3C)CC2)c1. The van der Waals surface area contributed by atoms with E-state index >= 15 is 0 Å². The number of benzene rings is 1. The van der Waals surface area contributed by atoms with Crippen LogP contribution in [-0.4, -0.2) is 50.5 Å². The first kappa shape index (κ1) is 20.8. The predicted octanol–water partition coefficient (Wildman–Crippen LogP) is 3.33. The minimum absolute atomic E-state index is 0.00259. The summed E-state index contributed by atoms with van der Waals surface area (Å²) in [6.07, 6.45) is 3.24. The second-order valence-corrected chi connectivity index (χ2v) is 7.75. The molecular formula is C22H27N3O4. The molecule has 1 fully saturated rings. The molecule has 2 heterocycles. The molecule has 154 valence electrons. The van der Waals surface area contributed by atoms with E-state index in [4.69, 9.17) is 0 Å². The van der Waals surface area contributed by atoms with Crippen molar-refractivity contribution in [1.29, 1.82) is 0 Å². The van der Waals surface area contributed by atoms with Crippen LogP contribution in [0.1, 0.15) is 69.3 Å². The molecule has 1 aromatic heterocycles. The highest BCUT2D eigenvalue weighted by atomic mass is 16.4. The Kier molecular flexibility index (Phi) is 6.15. The molecule has 1 amide bonds. The fraction of sp³-hybridized carbons (Fsp3) is 0.455. The second-order valence-electron chi connectivity index (χ2n) is 7.75. The van der Waals surface area contributed by atoms with Crippen LogP contribution in [0.4, 0.5) is 0 Å². The number of hydrogen-bond donors (Lipinski definition) is 1. The van der Waals surface area contributed by atoms with Crippen LogP contribution in [0.15, 0.2) is 24.4 Å². The number of likely N-dealkylation sites (tertiary alicyclic amines) is 1. The van der Waals surface area contributed by atoms with E-state index in [0.29, 0.717) is 24.3 Å². The molecule has 2 aromatic rings. The molecule has 29 heavy (non-hydrogen) atoms. The number of carboxylic acids is 1. The molecule has 0 spiro atoms. The second kappa shape index (κ2) is 8.59. The van der Waals surface area contributed by atoms with E-state index < -0.39 is 5.97 Å². The maximum atomic E-state index is 12.6. The Morgan fingerprint density at radius 1 is 1.07 bits per heavy atom. The summed E-state index contributed by atoms with van der Waals surface area (Å²) in [5.74, 6) is -0.983. The molecule has 0 atom stereocenters. The van der Waals surface area contributed by atoms with Gasteiger partial charge >= 0.3 is 5.97 Å². The van der Waals surface area contributed by atoms with E-state index in [1.165, 1.54) is 6.20 Å². The maximum absolute atomic E-state index is 12.6. The van der Waals surface area contributed by atoms with Gasteiger partial charge in [-0.1, -0.05) is 17.7 Å². The molecule has 1 aromatic carbocycles. The minimum Gasteiger partial charge on any atom is -0.478 e. The van der Waals surface area contributed by atoms with Crippen LogP contribution in [0.5, 0.6) is 0 Å². The molecule has 0 bridgehead atoms. The number of Topliss-reactive ketones (excluding diaryl/α,β-unsaturated/α-hetero) is 1. The molecule has 0 unspecified atom stereocenters. The molecule has 7 nitrogen and oxygen atoms in total. The van der Waals surface area contributed by atoms with E-state index in [-0.39, 0.29) is 36.1 Å². The first-order valence-corrected chi connectivity index (χ1v) is 9.93. The van der Waals surface area contributed by atoms with Gasteiger partial charge in [-0.05, 0) is 45.2 Å². The van der Waals surface area contributed by atoms with Gasteiger partial charge in [0.05, 0.1) is 17.9 Å². The largest absolute Gasteiger partial charge is 0.478 e. The van der Waals surface area contributed by atoms with Crippen molar-refractivity contribution in [2.45, 2.75) is 52.5 Å². The molecule has 1 N–H and O–H groups in total. The van der Waals surface area contributed by atoms with Gasteiger partial charge in [-0.3, -0.25) is 14.3 Å². The summed E-state index contributed by atoms with van der Waals surface area (Å²) in [5, 5.41) is 13.4. The van der Waals surface area contributed by atoms with Gasteiger partial charge in [0.25, 0.3) is 0 Å². The molecule has 0 saturated carbocycles. The van der Waals surface area contributed by atoms with Gasteiger partial charge in [-0.25, -0.2) is 4.79 Å². The first-order chi connectivity index (χ1) is 13.8. The number of ketones is 1. The Labute approximate surface area is 170 Å². The van der Waals surface area contributed by atoms with Gasteiger partial charge in [0.2, 0.25) is 5.91 Å². The fourth-order valence-electron chi connectivity index (χ4n) is 3.91. The van der Waals surface area contributed by atoms with Crippen LogP contribution >= 0.6 is 0 Å². The molecule has 0 radical (unpaired) electrons. The highest BCUT2D eigenvalue weighted by Gasteiger charge is 2.26. The molecule has 0 aliphatic carbocycles. The van der Waals surface area contributed by atoms with Crippen molar-refractivity contribution in [3.8, 4) is 0 Å². The molecule has 1 saturated heterocycles. The lowest BCUT2D eigenvalue weighted by Crippen LogP contribution is -2.39. The van der Waals surface area contributed by atoms with Crippen LogP contribution in [-0.2, 0) is 4.79 Å². The summed E-state index contributed by atoms with van der Waals surface area (Å²) in [7, 11) is 0. The Balaban J connectivity index is 1.53. The topological polar surface area (TPSA) is 92.5 Å². The van der Waals surface area contributed by atoms with Gasteiger partial charge in [0, 0.05) is 31.5 Å². The lowest BCUT2D eigenvalue weighted by atomic mass is 9.98. The number of carbonyl (C=O) groups is 3. The van der Waals surface area contributed by atoms with Crippen molar-refractivity contribution in [2.24, 2.45) is 0 Å². The van der Waals surface area contributed by atoms with E-state index in [1.807, 2.05) is 32.0 Å². The van der Waals surface area contributed by atoms with Crippen molar-refractivity contribution in [2.75, 3.05) is 13.1 Å². The highest BCUT2D eigenvalue weighted by Crippen LogP contribution is 2.25. The molecule has 1 aliphatic heterocycles. The number of rotatable bonds is 6. The van der Waals surface area contributed by atoms with Crippen LogP contribution in [0.25, 0.3) is 0 Å². The normalized spacial score (nSPS) is 14.8. The third-order valence-electron chi connectivity index (χ3n) is 5.70. The number of aromatic carboxylic acids is 1. The van der Waals surface area contributed by atoms with Crippen molar-refractivity contribution >= 4 is 17.7 Å². The van der Waals surface area contributed by atoms with Gasteiger partial charge in [-0.15, -0.1) is 0 Å². The summed E-state index contributed by atoms with van der Waals surface area (Å²) < 4.78 is 1.76. The number of nitrogens with zero attached hydrogens (tertiary/aromatic N) is 3. The Hall–Kier alpha value is -2.96. The summed E-state index contributed by atoms with van der Waals surface area (Å²) in [6.45, 7) is 6.79. The summed E-state index contributed by atoms with van der Waals surface area (Å²) in [6, 6.07) is 5.87. The van der Waals surface area contributed by atoms with Gasteiger partial charge in [0.15, 0.2) is 5.78 Å². The van der Waals surface area contributed by atoms with E-state index in [9.17, 15) is 19.5 Å². The van der Waals surface area contributed by atoms with Gasteiger partial charge < -0.3 is 10.0 Å². The zero-order chi connectivity index (χ0) is 21.1. The predicted molar refractivity (Wildman–Crippen MR) is 108 cm³/mol. The minimum atomic E-state index is -0.977. The summed E-state index contributed by atoms with van der Waals surface area (Å²) in [5.41, 5.74) is 3.52. The average molecular weight is 397 g/mol. The fourth-order valence-corrected chi connectivity index (χ4v) is 3.91. The quantitative estimate of drug-likeness (QED) is 0.755. The number of amides is 1. The average Bonchev–Trinajstić information content (AvgIpc) is 3.09.